The first-order chi connectivity index (χ1) is 10.9. The van der Waals surface area contributed by atoms with Crippen LogP contribution in [-0.2, 0) is 6.54 Å². The van der Waals surface area contributed by atoms with E-state index in [0.717, 1.165) is 6.08 Å². The summed E-state index contributed by atoms with van der Waals surface area (Å²) in [5.41, 5.74) is -4.13. The van der Waals surface area contributed by atoms with Gasteiger partial charge < -0.3 is 5.11 Å². The fraction of sp³-hybridized carbons (Fsp3) is 0.333. The van der Waals surface area contributed by atoms with Crippen LogP contribution >= 0.6 is 11.6 Å². The molecule has 0 aromatic heterocycles. The SMILES string of the molecule is Oc1ccc(Cl)cc1CNC1(C(F)(F)F)C=CC=C(C(F)(F)F)C1. The average Bonchev–Trinajstić information content (AvgIpc) is 2.46. The molecule has 1 aliphatic carbocycles. The molecule has 9 heteroatoms. The van der Waals surface area contributed by atoms with Crippen LogP contribution in [0.1, 0.15) is 12.0 Å². The highest BCUT2D eigenvalue weighted by Gasteiger charge is 2.56. The van der Waals surface area contributed by atoms with Gasteiger partial charge >= 0.3 is 12.4 Å². The second kappa shape index (κ2) is 6.33. The number of phenolic OH excluding ortho intramolecular Hbond substituents is 1. The first-order valence-corrected chi connectivity index (χ1v) is 7.07. The molecule has 132 valence electrons. The summed E-state index contributed by atoms with van der Waals surface area (Å²) in [6.45, 7) is -0.513. The van der Waals surface area contributed by atoms with Gasteiger partial charge in [-0.3, -0.25) is 5.32 Å². The lowest BCUT2D eigenvalue weighted by Crippen LogP contribution is -2.56. The van der Waals surface area contributed by atoms with Gasteiger partial charge in [0.15, 0.2) is 0 Å². The predicted octanol–water partition coefficient (Wildman–Crippen LogP) is 4.88. The van der Waals surface area contributed by atoms with Crippen LogP contribution in [0, 0.1) is 0 Å². The minimum absolute atomic E-state index is 0.0441. The maximum absolute atomic E-state index is 13.4. The molecule has 0 fully saturated rings. The van der Waals surface area contributed by atoms with Crippen LogP contribution in [0.4, 0.5) is 26.3 Å². The Morgan fingerprint density at radius 3 is 2.42 bits per heavy atom. The van der Waals surface area contributed by atoms with Gasteiger partial charge in [0.2, 0.25) is 0 Å². The smallest absolute Gasteiger partial charge is 0.412 e. The van der Waals surface area contributed by atoms with Gasteiger partial charge in [-0.15, -0.1) is 0 Å². The summed E-state index contributed by atoms with van der Waals surface area (Å²) in [7, 11) is 0. The molecule has 0 amide bonds. The topological polar surface area (TPSA) is 32.3 Å². The predicted molar refractivity (Wildman–Crippen MR) is 76.6 cm³/mol. The largest absolute Gasteiger partial charge is 0.508 e. The summed E-state index contributed by atoms with van der Waals surface area (Å²) in [4.78, 5) is 0. The van der Waals surface area contributed by atoms with E-state index in [1.807, 2.05) is 0 Å². The van der Waals surface area contributed by atoms with Gasteiger partial charge in [0.1, 0.15) is 11.3 Å². The Kier molecular flexibility index (Phi) is 4.92. The normalized spacial score (nSPS) is 21.7. The van der Waals surface area contributed by atoms with E-state index in [1.165, 1.54) is 18.2 Å². The van der Waals surface area contributed by atoms with Crippen molar-refractivity contribution in [2.45, 2.75) is 30.9 Å². The van der Waals surface area contributed by atoms with E-state index in [-0.39, 0.29) is 16.3 Å². The molecular weight excluding hydrogens is 360 g/mol. The lowest BCUT2D eigenvalue weighted by atomic mass is 9.85. The van der Waals surface area contributed by atoms with Crippen molar-refractivity contribution < 1.29 is 31.4 Å². The fourth-order valence-electron chi connectivity index (χ4n) is 2.31. The number of hydrogen-bond acceptors (Lipinski definition) is 2. The van der Waals surface area contributed by atoms with Crippen molar-refractivity contribution >= 4 is 11.6 Å². The molecule has 1 unspecified atom stereocenters. The Bertz CT molecular complexity index is 680. The van der Waals surface area contributed by atoms with Gasteiger partial charge in [0, 0.05) is 29.1 Å². The molecule has 1 aromatic carbocycles. The van der Waals surface area contributed by atoms with Gasteiger partial charge in [-0.1, -0.05) is 29.8 Å². The van der Waals surface area contributed by atoms with E-state index in [4.69, 9.17) is 11.6 Å². The molecule has 0 bridgehead atoms. The van der Waals surface area contributed by atoms with Gasteiger partial charge in [-0.05, 0) is 18.2 Å². The second-order valence-electron chi connectivity index (χ2n) is 5.32. The summed E-state index contributed by atoms with van der Waals surface area (Å²) in [5, 5.41) is 11.9. The van der Waals surface area contributed by atoms with Crippen LogP contribution in [0.3, 0.4) is 0 Å². The Morgan fingerprint density at radius 2 is 1.83 bits per heavy atom. The number of nitrogens with one attached hydrogen (secondary N) is 1. The van der Waals surface area contributed by atoms with E-state index in [2.05, 4.69) is 5.32 Å². The number of halogens is 7. The molecular formula is C15H12ClF6NO. The van der Waals surface area contributed by atoms with E-state index in [9.17, 15) is 31.4 Å². The zero-order chi connectivity index (χ0) is 18.2. The van der Waals surface area contributed by atoms with Gasteiger partial charge in [0.05, 0.1) is 0 Å². The first kappa shape index (κ1) is 18.7. The quantitative estimate of drug-likeness (QED) is 0.742. The Hall–Kier alpha value is -1.67. The lowest BCUT2D eigenvalue weighted by Gasteiger charge is -2.37. The van der Waals surface area contributed by atoms with E-state index in [0.29, 0.717) is 12.2 Å². The van der Waals surface area contributed by atoms with Gasteiger partial charge in [-0.2, -0.15) is 26.3 Å². The molecule has 0 aliphatic heterocycles. The molecule has 1 aliphatic rings. The standard InChI is InChI=1S/C15H12ClF6NO/c16-11-3-4-12(24)9(6-11)8-23-13(15(20,21)22)5-1-2-10(7-13)14(17,18)19/h1-6,23-24H,7-8H2. The van der Waals surface area contributed by atoms with Crippen molar-refractivity contribution in [3.63, 3.8) is 0 Å². The summed E-state index contributed by atoms with van der Waals surface area (Å²) in [6.07, 6.45) is -9.14. The molecule has 1 atom stereocenters. The van der Waals surface area contributed by atoms with Crippen LogP contribution in [0.2, 0.25) is 5.02 Å². The monoisotopic (exact) mass is 371 g/mol. The van der Waals surface area contributed by atoms with Gasteiger partial charge in [-0.25, -0.2) is 0 Å². The highest BCUT2D eigenvalue weighted by atomic mass is 35.5. The number of rotatable bonds is 3. The molecule has 24 heavy (non-hydrogen) atoms. The summed E-state index contributed by atoms with van der Waals surface area (Å²) in [6, 6.07) is 3.77. The Labute approximate surface area is 138 Å². The number of aromatic hydroxyl groups is 1. The van der Waals surface area contributed by atoms with Crippen LogP contribution in [0.5, 0.6) is 5.75 Å². The molecule has 1 aromatic rings. The fourth-order valence-corrected chi connectivity index (χ4v) is 2.50. The van der Waals surface area contributed by atoms with Crippen molar-refractivity contribution in [1.82, 2.24) is 5.32 Å². The molecule has 0 spiro atoms. The van der Waals surface area contributed by atoms with Crippen LogP contribution < -0.4 is 5.32 Å². The minimum atomic E-state index is -4.97. The van der Waals surface area contributed by atoms with Crippen LogP contribution in [-0.4, -0.2) is 23.0 Å². The molecule has 0 saturated heterocycles. The molecule has 0 heterocycles. The van der Waals surface area contributed by atoms with E-state index in [1.54, 1.807) is 0 Å². The van der Waals surface area contributed by atoms with Crippen molar-refractivity contribution in [2.24, 2.45) is 0 Å². The average molecular weight is 372 g/mol. The summed E-state index contributed by atoms with van der Waals surface area (Å²) in [5.74, 6) is -0.310. The maximum Gasteiger partial charge on any atom is 0.412 e. The van der Waals surface area contributed by atoms with Crippen molar-refractivity contribution in [3.05, 3.63) is 52.6 Å². The molecule has 0 saturated carbocycles. The number of phenols is 1. The molecule has 2 nitrogen and oxygen atoms in total. The third-order valence-electron chi connectivity index (χ3n) is 3.65. The number of benzene rings is 1. The maximum atomic E-state index is 13.4. The zero-order valence-corrected chi connectivity index (χ0v) is 12.7. The van der Waals surface area contributed by atoms with Crippen molar-refractivity contribution in [3.8, 4) is 5.75 Å². The molecule has 2 N–H and O–H groups in total. The number of allylic oxidation sites excluding steroid dienone is 2. The van der Waals surface area contributed by atoms with Crippen molar-refractivity contribution in [2.75, 3.05) is 0 Å². The Morgan fingerprint density at radius 1 is 1.17 bits per heavy atom. The molecule has 0 radical (unpaired) electrons. The lowest BCUT2D eigenvalue weighted by molar-refractivity contribution is -0.186. The number of alkyl halides is 6. The highest BCUT2D eigenvalue weighted by molar-refractivity contribution is 6.30. The minimum Gasteiger partial charge on any atom is -0.508 e. The third-order valence-corrected chi connectivity index (χ3v) is 3.89. The van der Waals surface area contributed by atoms with Crippen LogP contribution in [0.15, 0.2) is 42.0 Å². The second-order valence-corrected chi connectivity index (χ2v) is 5.76. The van der Waals surface area contributed by atoms with Crippen LogP contribution in [0.25, 0.3) is 0 Å². The zero-order valence-electron chi connectivity index (χ0n) is 12.0. The van der Waals surface area contributed by atoms with Gasteiger partial charge in [0.25, 0.3) is 0 Å². The van der Waals surface area contributed by atoms with Crippen molar-refractivity contribution in [1.29, 1.82) is 0 Å². The van der Waals surface area contributed by atoms with E-state index >= 15 is 0 Å². The highest BCUT2D eigenvalue weighted by Crippen LogP contribution is 2.43. The van der Waals surface area contributed by atoms with E-state index < -0.39 is 36.4 Å². The Balaban J connectivity index is 2.29. The summed E-state index contributed by atoms with van der Waals surface area (Å²) >= 11 is 5.71. The molecule has 2 rings (SSSR count). The first-order valence-electron chi connectivity index (χ1n) is 6.69. The summed E-state index contributed by atoms with van der Waals surface area (Å²) < 4.78 is 78.7. The number of hydrogen-bond donors (Lipinski definition) is 2. The third kappa shape index (κ3) is 3.87.